The van der Waals surface area contributed by atoms with Crippen LogP contribution in [0, 0.1) is 11.3 Å². The number of hydrogen-bond donors (Lipinski definition) is 0. The lowest BCUT2D eigenvalue weighted by Crippen LogP contribution is -2.43. The van der Waals surface area contributed by atoms with Crippen LogP contribution in [0.2, 0.25) is 0 Å². The van der Waals surface area contributed by atoms with E-state index < -0.39 is 0 Å². The van der Waals surface area contributed by atoms with Gasteiger partial charge in [-0.2, -0.15) is 5.26 Å². The Bertz CT molecular complexity index is 558. The topological polar surface area (TPSA) is 47.3 Å². The van der Waals surface area contributed by atoms with Gasteiger partial charge in [-0.1, -0.05) is 0 Å². The molecule has 1 saturated carbocycles. The summed E-state index contributed by atoms with van der Waals surface area (Å²) in [6.07, 6.45) is 4.72. The second kappa shape index (κ2) is 6.17. The maximum atomic E-state index is 11.8. The van der Waals surface area contributed by atoms with Gasteiger partial charge >= 0.3 is 0 Å². The van der Waals surface area contributed by atoms with Crippen molar-refractivity contribution in [2.45, 2.75) is 51.2 Å². The molecule has 2 heterocycles. The van der Waals surface area contributed by atoms with E-state index in [1.54, 1.807) is 18.3 Å². The molecule has 4 nitrogen and oxygen atoms in total. The smallest absolute Gasteiger partial charge is 0.219 e. The zero-order chi connectivity index (χ0) is 14.8. The summed E-state index contributed by atoms with van der Waals surface area (Å²) in [4.78, 5) is 17.6. The van der Waals surface area contributed by atoms with Gasteiger partial charge in [-0.25, -0.2) is 0 Å². The second-order valence-corrected chi connectivity index (χ2v) is 7.08. The van der Waals surface area contributed by atoms with Crippen LogP contribution >= 0.6 is 11.3 Å². The lowest BCUT2D eigenvalue weighted by Gasteiger charge is -2.30. The number of hydrogen-bond acceptors (Lipinski definition) is 4. The predicted molar refractivity (Wildman–Crippen MR) is 82.9 cm³/mol. The minimum Gasteiger partial charge on any atom is -0.338 e. The van der Waals surface area contributed by atoms with Crippen molar-refractivity contribution in [2.24, 2.45) is 0 Å². The van der Waals surface area contributed by atoms with E-state index in [0.29, 0.717) is 12.1 Å². The Morgan fingerprint density at radius 1 is 1.52 bits per heavy atom. The van der Waals surface area contributed by atoms with Gasteiger partial charge in [0.1, 0.15) is 6.07 Å². The van der Waals surface area contributed by atoms with Crippen molar-refractivity contribution in [1.82, 2.24) is 9.80 Å². The molecule has 1 aromatic rings. The van der Waals surface area contributed by atoms with Gasteiger partial charge in [0.05, 0.1) is 5.56 Å². The molecule has 0 bridgehead atoms. The predicted octanol–water partition coefficient (Wildman–Crippen LogP) is 2.60. The van der Waals surface area contributed by atoms with Crippen molar-refractivity contribution in [1.29, 1.82) is 5.26 Å². The van der Waals surface area contributed by atoms with Crippen molar-refractivity contribution in [3.8, 4) is 6.07 Å². The van der Waals surface area contributed by atoms with E-state index in [-0.39, 0.29) is 5.91 Å². The van der Waals surface area contributed by atoms with Gasteiger partial charge in [-0.3, -0.25) is 9.69 Å². The SMILES string of the molecule is CC(=O)N(C[C@H]1CCCN1Cc1cc(C#N)cs1)C1CC1. The molecular formula is C16H21N3OS. The maximum Gasteiger partial charge on any atom is 0.219 e. The van der Waals surface area contributed by atoms with E-state index in [9.17, 15) is 4.79 Å². The van der Waals surface area contributed by atoms with Gasteiger partial charge in [-0.05, 0) is 38.3 Å². The summed E-state index contributed by atoms with van der Waals surface area (Å²) >= 11 is 1.66. The fourth-order valence-electron chi connectivity index (χ4n) is 3.18. The van der Waals surface area contributed by atoms with Crippen LogP contribution in [0.25, 0.3) is 0 Å². The average Bonchev–Trinajstić information content (AvgIpc) is 3.04. The maximum absolute atomic E-state index is 11.8. The third kappa shape index (κ3) is 3.45. The molecular weight excluding hydrogens is 282 g/mol. The van der Waals surface area contributed by atoms with Gasteiger partial charge in [-0.15, -0.1) is 11.3 Å². The molecule has 0 aromatic carbocycles. The molecule has 1 saturated heterocycles. The molecule has 5 heteroatoms. The quantitative estimate of drug-likeness (QED) is 0.840. The monoisotopic (exact) mass is 303 g/mol. The zero-order valence-electron chi connectivity index (χ0n) is 12.4. The fraction of sp³-hybridized carbons (Fsp3) is 0.625. The first-order valence-corrected chi connectivity index (χ1v) is 8.54. The highest BCUT2D eigenvalue weighted by Gasteiger charge is 2.35. The van der Waals surface area contributed by atoms with E-state index in [2.05, 4.69) is 15.9 Å². The van der Waals surface area contributed by atoms with Gasteiger partial charge in [0, 0.05) is 42.4 Å². The molecule has 21 heavy (non-hydrogen) atoms. The molecule has 3 rings (SSSR count). The van der Waals surface area contributed by atoms with Crippen LogP contribution in [0.5, 0.6) is 0 Å². The summed E-state index contributed by atoms with van der Waals surface area (Å²) in [6, 6.07) is 5.15. The first-order valence-electron chi connectivity index (χ1n) is 7.66. The van der Waals surface area contributed by atoms with Gasteiger partial charge in [0.25, 0.3) is 0 Å². The summed E-state index contributed by atoms with van der Waals surface area (Å²) in [5.74, 6) is 0.215. The van der Waals surface area contributed by atoms with Crippen LogP contribution in [0.4, 0.5) is 0 Å². The molecule has 1 aliphatic carbocycles. The number of thiophene rings is 1. The first-order chi connectivity index (χ1) is 10.2. The molecule has 0 radical (unpaired) electrons. The highest BCUT2D eigenvalue weighted by atomic mass is 32.1. The molecule has 0 spiro atoms. The van der Waals surface area contributed by atoms with Crippen LogP contribution in [-0.4, -0.2) is 40.9 Å². The summed E-state index contributed by atoms with van der Waals surface area (Å²) in [7, 11) is 0. The van der Waals surface area contributed by atoms with E-state index >= 15 is 0 Å². The van der Waals surface area contributed by atoms with Crippen LogP contribution < -0.4 is 0 Å². The summed E-state index contributed by atoms with van der Waals surface area (Å²) in [5.41, 5.74) is 0.758. The van der Waals surface area contributed by atoms with Crippen molar-refractivity contribution < 1.29 is 4.79 Å². The van der Waals surface area contributed by atoms with Crippen molar-refractivity contribution in [2.75, 3.05) is 13.1 Å². The van der Waals surface area contributed by atoms with Crippen LogP contribution in [0.1, 0.15) is 43.0 Å². The zero-order valence-corrected chi connectivity index (χ0v) is 13.2. The molecule has 2 fully saturated rings. The Hall–Kier alpha value is -1.38. The first kappa shape index (κ1) is 14.6. The minimum absolute atomic E-state index is 0.215. The molecule has 112 valence electrons. The van der Waals surface area contributed by atoms with Crippen molar-refractivity contribution in [3.63, 3.8) is 0 Å². The Balaban J connectivity index is 1.62. The Morgan fingerprint density at radius 3 is 2.95 bits per heavy atom. The normalized spacial score (nSPS) is 22.2. The summed E-state index contributed by atoms with van der Waals surface area (Å²) < 4.78 is 0. The Morgan fingerprint density at radius 2 is 2.33 bits per heavy atom. The summed E-state index contributed by atoms with van der Waals surface area (Å²) in [6.45, 7) is 4.57. The van der Waals surface area contributed by atoms with E-state index in [1.807, 2.05) is 11.4 Å². The van der Waals surface area contributed by atoms with Crippen molar-refractivity contribution >= 4 is 17.2 Å². The Labute approximate surface area is 130 Å². The van der Waals surface area contributed by atoms with Crippen LogP contribution in [-0.2, 0) is 11.3 Å². The van der Waals surface area contributed by atoms with E-state index in [4.69, 9.17) is 5.26 Å². The van der Waals surface area contributed by atoms with Crippen LogP contribution in [0.3, 0.4) is 0 Å². The van der Waals surface area contributed by atoms with Crippen molar-refractivity contribution in [3.05, 3.63) is 21.9 Å². The third-order valence-electron chi connectivity index (χ3n) is 4.44. The standard InChI is InChI=1S/C16H21N3OS/c1-12(20)19(14-4-5-14)9-15-3-2-6-18(15)10-16-7-13(8-17)11-21-16/h7,11,14-15H,2-6,9-10H2,1H3/t15-/m1/s1. The van der Waals surface area contributed by atoms with Gasteiger partial charge < -0.3 is 4.90 Å². The highest BCUT2D eigenvalue weighted by molar-refractivity contribution is 7.10. The largest absolute Gasteiger partial charge is 0.338 e. The molecule has 1 amide bonds. The van der Waals surface area contributed by atoms with Gasteiger partial charge in [0.15, 0.2) is 0 Å². The number of amides is 1. The fourth-order valence-corrected chi connectivity index (χ4v) is 4.01. The van der Waals surface area contributed by atoms with Gasteiger partial charge in [0.2, 0.25) is 5.91 Å². The second-order valence-electron chi connectivity index (χ2n) is 6.08. The minimum atomic E-state index is 0.215. The number of likely N-dealkylation sites (tertiary alicyclic amines) is 1. The highest BCUT2D eigenvalue weighted by Crippen LogP contribution is 2.30. The molecule has 0 N–H and O–H groups in total. The Kier molecular flexibility index (Phi) is 4.27. The molecule has 1 atom stereocenters. The van der Waals surface area contributed by atoms with E-state index in [1.165, 1.54) is 30.6 Å². The number of nitriles is 1. The number of carbonyl (C=O) groups is 1. The molecule has 1 aromatic heterocycles. The van der Waals surface area contributed by atoms with Crippen LogP contribution in [0.15, 0.2) is 11.4 Å². The molecule has 1 aliphatic heterocycles. The molecule has 2 aliphatic rings. The lowest BCUT2D eigenvalue weighted by molar-refractivity contribution is -0.130. The number of carbonyl (C=O) groups excluding carboxylic acids is 1. The average molecular weight is 303 g/mol. The number of nitrogens with zero attached hydrogens (tertiary/aromatic N) is 3. The van der Waals surface area contributed by atoms with E-state index in [0.717, 1.165) is 25.2 Å². The number of rotatable bonds is 5. The lowest BCUT2D eigenvalue weighted by atomic mass is 10.2. The molecule has 0 unspecified atom stereocenters. The summed E-state index contributed by atoms with van der Waals surface area (Å²) in [5, 5.41) is 10.8. The third-order valence-corrected chi connectivity index (χ3v) is 5.36.